The zero-order valence-corrected chi connectivity index (χ0v) is 8.28. The average molecular weight is 234 g/mol. The zero-order valence-electron chi connectivity index (χ0n) is 8.28. The maximum Gasteiger partial charge on any atom is 0.573 e. The summed E-state index contributed by atoms with van der Waals surface area (Å²) in [6, 6.07) is 3.96. The maximum atomic E-state index is 12.0. The molecule has 0 radical (unpaired) electrons. The second-order valence-electron chi connectivity index (χ2n) is 2.74. The summed E-state index contributed by atoms with van der Waals surface area (Å²) in [7, 11) is 1.25. The van der Waals surface area contributed by atoms with Crippen molar-refractivity contribution in [2.75, 3.05) is 7.11 Å². The number of alkyl halides is 3. The van der Waals surface area contributed by atoms with E-state index in [4.69, 9.17) is 10.6 Å². The summed E-state index contributed by atoms with van der Waals surface area (Å²) in [5.41, 5.74) is 0.377. The predicted molar refractivity (Wildman–Crippen MR) is 51.5 cm³/mol. The highest BCUT2D eigenvalue weighted by molar-refractivity contribution is 5.80. The number of rotatable bonds is 3. The minimum Gasteiger partial charge on any atom is -0.493 e. The first-order valence-corrected chi connectivity index (χ1v) is 4.13. The van der Waals surface area contributed by atoms with Gasteiger partial charge in [0.2, 0.25) is 0 Å². The number of nitrogens with two attached hydrogens (primary N) is 1. The van der Waals surface area contributed by atoms with Crippen molar-refractivity contribution in [3.8, 4) is 11.5 Å². The Morgan fingerprint density at radius 2 is 2.00 bits per heavy atom. The summed E-state index contributed by atoms with van der Waals surface area (Å²) in [5, 5.41) is 3.20. The van der Waals surface area contributed by atoms with Gasteiger partial charge in [0.25, 0.3) is 0 Å². The summed E-state index contributed by atoms with van der Waals surface area (Å²) in [6.45, 7) is 0. The van der Waals surface area contributed by atoms with E-state index < -0.39 is 12.1 Å². The minimum atomic E-state index is -4.77. The molecule has 0 amide bonds. The first kappa shape index (κ1) is 12.2. The molecule has 4 nitrogen and oxygen atoms in total. The average Bonchev–Trinajstić information content (AvgIpc) is 2.16. The fourth-order valence-corrected chi connectivity index (χ4v) is 1.06. The monoisotopic (exact) mass is 234 g/mol. The topological polar surface area (TPSA) is 56.8 Å². The molecular weight excluding hydrogens is 225 g/mol. The summed E-state index contributed by atoms with van der Waals surface area (Å²) in [6.07, 6.45) is -3.57. The van der Waals surface area contributed by atoms with Crippen LogP contribution in [0.1, 0.15) is 5.56 Å². The Balaban J connectivity index is 3.07. The van der Waals surface area contributed by atoms with Gasteiger partial charge in [-0.15, -0.1) is 13.2 Å². The van der Waals surface area contributed by atoms with Crippen LogP contribution in [-0.4, -0.2) is 19.7 Å². The Morgan fingerprint density at radius 3 is 2.50 bits per heavy atom. The quantitative estimate of drug-likeness (QED) is 0.493. The highest BCUT2D eigenvalue weighted by Crippen LogP contribution is 2.32. The summed E-state index contributed by atoms with van der Waals surface area (Å²) in [5.74, 6) is 4.42. The van der Waals surface area contributed by atoms with Crippen molar-refractivity contribution in [1.29, 1.82) is 0 Å². The van der Waals surface area contributed by atoms with E-state index in [-0.39, 0.29) is 5.75 Å². The summed E-state index contributed by atoms with van der Waals surface area (Å²) < 4.78 is 44.6. The molecular formula is C9H9F3N2O2. The Labute approximate surface area is 89.5 Å². The number of methoxy groups -OCH3 is 1. The van der Waals surface area contributed by atoms with E-state index in [1.165, 1.54) is 25.5 Å². The number of hydrogen-bond donors (Lipinski definition) is 1. The number of hydrogen-bond acceptors (Lipinski definition) is 4. The first-order chi connectivity index (χ1) is 7.46. The molecule has 0 fully saturated rings. The van der Waals surface area contributed by atoms with Gasteiger partial charge in [0, 0.05) is 0 Å². The van der Waals surface area contributed by atoms with Crippen LogP contribution >= 0.6 is 0 Å². The molecule has 0 aliphatic carbocycles. The fraction of sp³-hybridized carbons (Fsp3) is 0.222. The molecule has 0 aliphatic rings. The second kappa shape index (κ2) is 4.73. The van der Waals surface area contributed by atoms with Gasteiger partial charge in [0.1, 0.15) is 0 Å². The van der Waals surface area contributed by atoms with Crippen LogP contribution in [0.2, 0.25) is 0 Å². The van der Waals surface area contributed by atoms with E-state index in [1.54, 1.807) is 0 Å². The molecule has 1 aromatic carbocycles. The van der Waals surface area contributed by atoms with Gasteiger partial charge in [-0.1, -0.05) is 0 Å². The maximum absolute atomic E-state index is 12.0. The fourth-order valence-electron chi connectivity index (χ4n) is 1.06. The van der Waals surface area contributed by atoms with Crippen LogP contribution < -0.4 is 15.3 Å². The van der Waals surface area contributed by atoms with Crippen molar-refractivity contribution < 1.29 is 22.6 Å². The molecule has 0 heterocycles. The summed E-state index contributed by atoms with van der Waals surface area (Å²) >= 11 is 0. The molecule has 0 aromatic heterocycles. The third kappa shape index (κ3) is 3.34. The Hall–Kier alpha value is -1.92. The van der Waals surface area contributed by atoms with Crippen LogP contribution in [0, 0.1) is 0 Å². The second-order valence-corrected chi connectivity index (χ2v) is 2.74. The Bertz CT molecular complexity index is 391. The van der Waals surface area contributed by atoms with Crippen LogP contribution in [0.4, 0.5) is 13.2 Å². The van der Waals surface area contributed by atoms with Crippen LogP contribution in [0.3, 0.4) is 0 Å². The van der Waals surface area contributed by atoms with Crippen LogP contribution in [-0.2, 0) is 0 Å². The SMILES string of the molecule is COc1ccc(C=NN)cc1OC(F)(F)F. The lowest BCUT2D eigenvalue weighted by molar-refractivity contribution is -0.275. The van der Waals surface area contributed by atoms with Gasteiger partial charge in [-0.25, -0.2) is 0 Å². The van der Waals surface area contributed by atoms with Gasteiger partial charge in [-0.3, -0.25) is 0 Å². The molecule has 0 spiro atoms. The molecule has 0 bridgehead atoms. The van der Waals surface area contributed by atoms with Crippen molar-refractivity contribution in [1.82, 2.24) is 0 Å². The van der Waals surface area contributed by atoms with Crippen molar-refractivity contribution in [3.05, 3.63) is 23.8 Å². The van der Waals surface area contributed by atoms with Gasteiger partial charge < -0.3 is 15.3 Å². The number of nitrogens with zero attached hydrogens (tertiary/aromatic N) is 1. The number of hydrazone groups is 1. The third-order valence-electron chi connectivity index (χ3n) is 1.64. The largest absolute Gasteiger partial charge is 0.573 e. The van der Waals surface area contributed by atoms with Gasteiger partial charge in [0.15, 0.2) is 11.5 Å². The van der Waals surface area contributed by atoms with Crippen molar-refractivity contribution in [3.63, 3.8) is 0 Å². The summed E-state index contributed by atoms with van der Waals surface area (Å²) in [4.78, 5) is 0. The van der Waals surface area contributed by atoms with Gasteiger partial charge in [-0.05, 0) is 23.8 Å². The molecule has 1 aromatic rings. The zero-order chi connectivity index (χ0) is 12.2. The third-order valence-corrected chi connectivity index (χ3v) is 1.64. The van der Waals surface area contributed by atoms with E-state index in [2.05, 4.69) is 9.84 Å². The van der Waals surface area contributed by atoms with E-state index >= 15 is 0 Å². The lowest BCUT2D eigenvalue weighted by Gasteiger charge is -2.12. The van der Waals surface area contributed by atoms with E-state index in [0.717, 1.165) is 6.07 Å². The molecule has 88 valence electrons. The molecule has 0 aliphatic heterocycles. The van der Waals surface area contributed by atoms with Crippen LogP contribution in [0.5, 0.6) is 11.5 Å². The van der Waals surface area contributed by atoms with Crippen molar-refractivity contribution in [2.45, 2.75) is 6.36 Å². The van der Waals surface area contributed by atoms with E-state index in [1.807, 2.05) is 0 Å². The number of halogens is 3. The molecule has 2 N–H and O–H groups in total. The molecule has 0 atom stereocenters. The number of ether oxygens (including phenoxy) is 2. The first-order valence-electron chi connectivity index (χ1n) is 4.13. The van der Waals surface area contributed by atoms with Crippen LogP contribution in [0.15, 0.2) is 23.3 Å². The predicted octanol–water partition coefficient (Wildman–Crippen LogP) is 1.89. The Kier molecular flexibility index (Phi) is 3.60. The number of benzene rings is 1. The standard InChI is InChI=1S/C9H9F3N2O2/c1-15-7-3-2-6(5-14-13)4-8(7)16-9(10,11)12/h2-5H,13H2,1H3. The smallest absolute Gasteiger partial charge is 0.493 e. The Morgan fingerprint density at radius 1 is 1.31 bits per heavy atom. The van der Waals surface area contributed by atoms with E-state index in [0.29, 0.717) is 5.56 Å². The van der Waals surface area contributed by atoms with Crippen molar-refractivity contribution in [2.24, 2.45) is 10.9 Å². The molecule has 0 unspecified atom stereocenters. The molecule has 0 saturated carbocycles. The highest BCUT2D eigenvalue weighted by atomic mass is 19.4. The van der Waals surface area contributed by atoms with Gasteiger partial charge in [0.05, 0.1) is 13.3 Å². The highest BCUT2D eigenvalue weighted by Gasteiger charge is 2.32. The van der Waals surface area contributed by atoms with E-state index in [9.17, 15) is 13.2 Å². The molecule has 1 rings (SSSR count). The van der Waals surface area contributed by atoms with Gasteiger partial charge >= 0.3 is 6.36 Å². The minimum absolute atomic E-state index is 0.0218. The lowest BCUT2D eigenvalue weighted by Crippen LogP contribution is -2.17. The van der Waals surface area contributed by atoms with Crippen molar-refractivity contribution >= 4 is 6.21 Å². The van der Waals surface area contributed by atoms with Gasteiger partial charge in [-0.2, -0.15) is 5.10 Å². The molecule has 16 heavy (non-hydrogen) atoms. The molecule has 7 heteroatoms. The molecule has 0 saturated heterocycles. The normalized spacial score (nSPS) is 11.8. The van der Waals surface area contributed by atoms with Crippen LogP contribution in [0.25, 0.3) is 0 Å². The lowest BCUT2D eigenvalue weighted by atomic mass is 10.2.